The molecule has 20 heavy (non-hydrogen) atoms. The Hall–Kier alpha value is -1.11. The number of rotatable bonds is 2. The lowest BCUT2D eigenvalue weighted by molar-refractivity contribution is 0.0763. The van der Waals surface area contributed by atoms with Crippen molar-refractivity contribution in [1.29, 1.82) is 0 Å². The minimum atomic E-state index is 0.288. The van der Waals surface area contributed by atoms with Gasteiger partial charge in [-0.25, -0.2) is 0 Å². The highest BCUT2D eigenvalue weighted by atomic mass is 16.1. The van der Waals surface area contributed by atoms with Crippen LogP contribution in [0.3, 0.4) is 0 Å². The number of hydrogen-bond donors (Lipinski definition) is 0. The van der Waals surface area contributed by atoms with Gasteiger partial charge in [0.25, 0.3) is 0 Å². The smallest absolute Gasteiger partial charge is 0.165 e. The highest BCUT2D eigenvalue weighted by Gasteiger charge is 2.35. The number of carbonyl (C=O) groups excluding carboxylic acids is 1. The van der Waals surface area contributed by atoms with Gasteiger partial charge in [0, 0.05) is 11.5 Å². The van der Waals surface area contributed by atoms with E-state index in [-0.39, 0.29) is 5.92 Å². The fraction of sp³-hybridized carbons (Fsp3) is 0.632. The van der Waals surface area contributed by atoms with E-state index in [1.54, 1.807) is 0 Å². The molecule has 0 radical (unpaired) electrons. The summed E-state index contributed by atoms with van der Waals surface area (Å²) in [6, 6.07) is 6.21. The van der Waals surface area contributed by atoms with Crippen LogP contribution in [0.4, 0.5) is 0 Å². The molecule has 0 N–H and O–H groups in total. The van der Waals surface area contributed by atoms with E-state index in [4.69, 9.17) is 0 Å². The van der Waals surface area contributed by atoms with Gasteiger partial charge >= 0.3 is 0 Å². The lowest BCUT2D eigenvalue weighted by Crippen LogP contribution is -2.31. The highest BCUT2D eigenvalue weighted by molar-refractivity contribution is 5.98. The largest absolute Gasteiger partial charge is 0.294 e. The summed E-state index contributed by atoms with van der Waals surface area (Å²) in [6.45, 7) is 4.21. The monoisotopic (exact) mass is 270 g/mol. The predicted octanol–water partition coefficient (Wildman–Crippen LogP) is 5.09. The zero-order chi connectivity index (χ0) is 14.1. The fourth-order valence-electron chi connectivity index (χ4n) is 4.24. The normalized spacial score (nSPS) is 29.8. The van der Waals surface area contributed by atoms with Crippen LogP contribution in [-0.4, -0.2) is 5.78 Å². The van der Waals surface area contributed by atoms with Crippen molar-refractivity contribution in [2.45, 2.75) is 58.8 Å². The van der Waals surface area contributed by atoms with Crippen LogP contribution in [0.1, 0.15) is 66.4 Å². The van der Waals surface area contributed by atoms with Gasteiger partial charge in [-0.3, -0.25) is 4.79 Å². The lowest BCUT2D eigenvalue weighted by Gasteiger charge is -2.38. The van der Waals surface area contributed by atoms with E-state index >= 15 is 0 Å². The van der Waals surface area contributed by atoms with Gasteiger partial charge in [0.15, 0.2) is 5.78 Å². The molecule has 0 spiro atoms. The molecule has 0 heterocycles. The molecule has 2 fully saturated rings. The second kappa shape index (κ2) is 5.71. The third-order valence-electron chi connectivity index (χ3n) is 5.70. The molecule has 2 aliphatic carbocycles. The average Bonchev–Trinajstić information content (AvgIpc) is 2.49. The van der Waals surface area contributed by atoms with Crippen molar-refractivity contribution >= 4 is 5.78 Å². The van der Waals surface area contributed by atoms with Gasteiger partial charge in [0.05, 0.1) is 0 Å². The molecular weight excluding hydrogens is 244 g/mol. The lowest BCUT2D eigenvalue weighted by atomic mass is 9.66. The van der Waals surface area contributed by atoms with Crippen LogP contribution in [0, 0.1) is 31.6 Å². The first-order valence-electron chi connectivity index (χ1n) is 8.26. The third kappa shape index (κ3) is 2.68. The summed E-state index contributed by atoms with van der Waals surface area (Å²) in [4.78, 5) is 12.7. The molecule has 3 rings (SSSR count). The molecule has 2 aliphatic rings. The predicted molar refractivity (Wildman–Crippen MR) is 83.0 cm³/mol. The van der Waals surface area contributed by atoms with Crippen molar-refractivity contribution in [3.05, 3.63) is 34.9 Å². The number of benzene rings is 1. The maximum atomic E-state index is 12.7. The summed E-state index contributed by atoms with van der Waals surface area (Å²) in [7, 11) is 0. The number of Topliss-reactive ketones (excluding diaryl/α,β-unsaturated/α-hetero) is 1. The van der Waals surface area contributed by atoms with Crippen molar-refractivity contribution in [3.63, 3.8) is 0 Å². The van der Waals surface area contributed by atoms with E-state index in [9.17, 15) is 4.79 Å². The van der Waals surface area contributed by atoms with Crippen LogP contribution in [0.2, 0.25) is 0 Å². The topological polar surface area (TPSA) is 17.1 Å². The summed E-state index contributed by atoms with van der Waals surface area (Å²) in [5.41, 5.74) is 3.45. The number of ketones is 1. The molecule has 0 amide bonds. The second-order valence-electron chi connectivity index (χ2n) is 6.98. The Kier molecular flexibility index (Phi) is 3.96. The molecule has 1 nitrogen and oxygen atoms in total. The van der Waals surface area contributed by atoms with Gasteiger partial charge in [-0.1, -0.05) is 37.8 Å². The molecule has 0 aliphatic heterocycles. The van der Waals surface area contributed by atoms with E-state index < -0.39 is 0 Å². The van der Waals surface area contributed by atoms with Crippen molar-refractivity contribution in [2.75, 3.05) is 0 Å². The quantitative estimate of drug-likeness (QED) is 0.684. The Morgan fingerprint density at radius 2 is 1.70 bits per heavy atom. The van der Waals surface area contributed by atoms with Gasteiger partial charge < -0.3 is 0 Å². The maximum absolute atomic E-state index is 12.7. The first-order chi connectivity index (χ1) is 9.65. The second-order valence-corrected chi connectivity index (χ2v) is 6.98. The van der Waals surface area contributed by atoms with Crippen LogP contribution in [0.5, 0.6) is 0 Å². The summed E-state index contributed by atoms with van der Waals surface area (Å²) in [5.74, 6) is 2.44. The van der Waals surface area contributed by atoms with Gasteiger partial charge in [0.1, 0.15) is 0 Å². The number of hydrogen-bond acceptors (Lipinski definition) is 1. The molecule has 0 aromatic heterocycles. The Morgan fingerprint density at radius 1 is 0.950 bits per heavy atom. The Bertz CT molecular complexity index is 502. The fourth-order valence-corrected chi connectivity index (χ4v) is 4.24. The van der Waals surface area contributed by atoms with Crippen LogP contribution < -0.4 is 0 Å². The van der Waals surface area contributed by atoms with Crippen LogP contribution in [0.25, 0.3) is 0 Å². The van der Waals surface area contributed by atoms with Gasteiger partial charge in [0.2, 0.25) is 0 Å². The van der Waals surface area contributed by atoms with Crippen molar-refractivity contribution < 1.29 is 4.79 Å². The first-order valence-corrected chi connectivity index (χ1v) is 8.26. The van der Waals surface area contributed by atoms with Crippen LogP contribution in [0.15, 0.2) is 18.2 Å². The van der Waals surface area contributed by atoms with Crippen LogP contribution in [-0.2, 0) is 0 Å². The average molecular weight is 270 g/mol. The molecule has 1 aromatic rings. The summed E-state index contributed by atoms with van der Waals surface area (Å²) < 4.78 is 0. The minimum Gasteiger partial charge on any atom is -0.294 e. The van der Waals surface area contributed by atoms with E-state index in [2.05, 4.69) is 26.0 Å². The number of aryl methyl sites for hydroxylation is 2. The van der Waals surface area contributed by atoms with Crippen molar-refractivity contribution in [1.82, 2.24) is 0 Å². The summed E-state index contributed by atoms with van der Waals surface area (Å²) in [6.07, 6.45) is 9.12. The molecular formula is C19H26O. The molecule has 2 saturated carbocycles. The van der Waals surface area contributed by atoms with Gasteiger partial charge in [-0.05, 0) is 62.1 Å². The number of fused-ring (bicyclic) bond motifs is 1. The molecule has 1 heteroatoms. The van der Waals surface area contributed by atoms with E-state index in [1.165, 1.54) is 43.2 Å². The molecule has 1 aromatic carbocycles. The SMILES string of the molecule is Cc1ccc(C(=O)C2CCC3CCCCC3C2)cc1C. The van der Waals surface area contributed by atoms with E-state index in [1.807, 2.05) is 6.07 Å². The molecule has 3 unspecified atom stereocenters. The minimum absolute atomic E-state index is 0.288. The highest BCUT2D eigenvalue weighted by Crippen LogP contribution is 2.43. The van der Waals surface area contributed by atoms with Crippen LogP contribution >= 0.6 is 0 Å². The van der Waals surface area contributed by atoms with Gasteiger partial charge in [-0.2, -0.15) is 0 Å². The Balaban J connectivity index is 1.72. The van der Waals surface area contributed by atoms with E-state index in [0.717, 1.165) is 30.2 Å². The standard InChI is InChI=1S/C19H26O/c1-13-7-8-17(11-14(13)2)19(20)18-10-9-15-5-3-4-6-16(15)12-18/h7-8,11,15-16,18H,3-6,9-10,12H2,1-2H3. The van der Waals surface area contributed by atoms with Gasteiger partial charge in [-0.15, -0.1) is 0 Å². The van der Waals surface area contributed by atoms with Crippen molar-refractivity contribution in [3.8, 4) is 0 Å². The summed E-state index contributed by atoms with van der Waals surface area (Å²) >= 11 is 0. The molecule has 0 saturated heterocycles. The van der Waals surface area contributed by atoms with Crippen molar-refractivity contribution in [2.24, 2.45) is 17.8 Å². The zero-order valence-electron chi connectivity index (χ0n) is 12.8. The molecule has 3 atom stereocenters. The molecule has 108 valence electrons. The first kappa shape index (κ1) is 13.9. The Morgan fingerprint density at radius 3 is 2.45 bits per heavy atom. The third-order valence-corrected chi connectivity index (χ3v) is 5.70. The Labute approximate surface area is 122 Å². The zero-order valence-corrected chi connectivity index (χ0v) is 12.8. The number of carbonyl (C=O) groups is 1. The van der Waals surface area contributed by atoms with E-state index in [0.29, 0.717) is 5.78 Å². The molecule has 0 bridgehead atoms. The summed E-state index contributed by atoms with van der Waals surface area (Å²) in [5, 5.41) is 0. The maximum Gasteiger partial charge on any atom is 0.165 e.